The lowest BCUT2D eigenvalue weighted by Gasteiger charge is -2.14. The Bertz CT molecular complexity index is 562. The molecule has 0 amide bonds. The first-order valence-electron chi connectivity index (χ1n) is 6.92. The summed E-state index contributed by atoms with van der Waals surface area (Å²) in [5.74, 6) is 0.470. The molecule has 0 heterocycles. The number of aryl methyl sites for hydroxylation is 2. The second-order valence-electron chi connectivity index (χ2n) is 5.67. The molecule has 1 nitrogen and oxygen atoms in total. The third kappa shape index (κ3) is 2.98. The van der Waals surface area contributed by atoms with E-state index in [-0.39, 0.29) is 0 Å². The summed E-state index contributed by atoms with van der Waals surface area (Å²) >= 11 is 0. The minimum Gasteiger partial charge on any atom is -0.398 e. The summed E-state index contributed by atoms with van der Waals surface area (Å²) in [5, 5.41) is 0. The van der Waals surface area contributed by atoms with Crippen molar-refractivity contribution in [1.29, 1.82) is 0 Å². The van der Waals surface area contributed by atoms with Gasteiger partial charge in [0.15, 0.2) is 0 Å². The number of nitrogens with two attached hydrogens (primary N) is 1. The molecule has 0 aliphatic carbocycles. The van der Waals surface area contributed by atoms with Crippen molar-refractivity contribution in [2.45, 2.75) is 40.0 Å². The van der Waals surface area contributed by atoms with Gasteiger partial charge >= 0.3 is 0 Å². The van der Waals surface area contributed by atoms with Gasteiger partial charge in [-0.3, -0.25) is 0 Å². The molecule has 0 aliphatic rings. The molecule has 100 valence electrons. The second-order valence-corrected chi connectivity index (χ2v) is 5.67. The molecule has 19 heavy (non-hydrogen) atoms. The molecule has 0 fully saturated rings. The zero-order valence-electron chi connectivity index (χ0n) is 12.3. The van der Waals surface area contributed by atoms with E-state index in [0.29, 0.717) is 5.92 Å². The first-order valence-corrected chi connectivity index (χ1v) is 6.92. The van der Waals surface area contributed by atoms with Gasteiger partial charge in [0.2, 0.25) is 0 Å². The van der Waals surface area contributed by atoms with E-state index < -0.39 is 0 Å². The number of benzene rings is 2. The monoisotopic (exact) mass is 253 g/mol. The molecule has 0 atom stereocenters. The first kappa shape index (κ1) is 13.7. The van der Waals surface area contributed by atoms with Gasteiger partial charge in [0.25, 0.3) is 0 Å². The fourth-order valence-electron chi connectivity index (χ4n) is 2.57. The fraction of sp³-hybridized carbons (Fsp3) is 0.333. The van der Waals surface area contributed by atoms with E-state index in [0.717, 1.165) is 12.1 Å². The molecule has 0 radical (unpaired) electrons. The van der Waals surface area contributed by atoms with Gasteiger partial charge in [-0.1, -0.05) is 44.2 Å². The summed E-state index contributed by atoms with van der Waals surface area (Å²) in [6.45, 7) is 8.75. The van der Waals surface area contributed by atoms with Crippen molar-refractivity contribution in [3.8, 4) is 0 Å². The van der Waals surface area contributed by atoms with Crippen molar-refractivity contribution in [2.75, 3.05) is 5.73 Å². The van der Waals surface area contributed by atoms with E-state index in [9.17, 15) is 0 Å². The average molecular weight is 253 g/mol. The Morgan fingerprint density at radius 2 is 1.63 bits per heavy atom. The Balaban J connectivity index is 2.36. The Labute approximate surface area is 116 Å². The maximum atomic E-state index is 6.04. The Morgan fingerprint density at radius 1 is 1.00 bits per heavy atom. The maximum Gasteiger partial charge on any atom is 0.0349 e. The van der Waals surface area contributed by atoms with Crippen molar-refractivity contribution in [3.63, 3.8) is 0 Å². The summed E-state index contributed by atoms with van der Waals surface area (Å²) in [7, 11) is 0. The van der Waals surface area contributed by atoms with E-state index in [1.165, 1.54) is 27.8 Å². The van der Waals surface area contributed by atoms with Crippen LogP contribution in [0.15, 0.2) is 36.4 Å². The lowest BCUT2D eigenvalue weighted by atomic mass is 9.93. The van der Waals surface area contributed by atoms with Crippen LogP contribution in [0.1, 0.15) is 47.6 Å². The zero-order valence-corrected chi connectivity index (χ0v) is 12.3. The molecule has 2 rings (SSSR count). The Morgan fingerprint density at radius 3 is 2.21 bits per heavy atom. The topological polar surface area (TPSA) is 26.0 Å². The lowest BCUT2D eigenvalue weighted by Crippen LogP contribution is -2.00. The lowest BCUT2D eigenvalue weighted by molar-refractivity contribution is 0.866. The van der Waals surface area contributed by atoms with Gasteiger partial charge in [-0.15, -0.1) is 0 Å². The summed E-state index contributed by atoms with van der Waals surface area (Å²) in [4.78, 5) is 0. The molecule has 0 unspecified atom stereocenters. The Hall–Kier alpha value is -1.76. The Kier molecular flexibility index (Phi) is 3.94. The van der Waals surface area contributed by atoms with Crippen LogP contribution in [0.2, 0.25) is 0 Å². The molecule has 0 aromatic heterocycles. The van der Waals surface area contributed by atoms with E-state index >= 15 is 0 Å². The molecule has 2 N–H and O–H groups in total. The zero-order chi connectivity index (χ0) is 14.0. The highest BCUT2D eigenvalue weighted by atomic mass is 14.6. The van der Waals surface area contributed by atoms with Gasteiger partial charge in [0.05, 0.1) is 0 Å². The van der Waals surface area contributed by atoms with Crippen LogP contribution in [0.25, 0.3) is 0 Å². The minimum absolute atomic E-state index is 0.470. The van der Waals surface area contributed by atoms with Crippen LogP contribution >= 0.6 is 0 Å². The highest BCUT2D eigenvalue weighted by Gasteiger charge is 2.08. The van der Waals surface area contributed by atoms with E-state index in [2.05, 4.69) is 58.0 Å². The SMILES string of the molecule is Cc1cccc(C)c1Cc1ccc(N)c(C(C)C)c1. The van der Waals surface area contributed by atoms with Gasteiger partial charge in [-0.2, -0.15) is 0 Å². The van der Waals surface area contributed by atoms with Crippen molar-refractivity contribution in [2.24, 2.45) is 0 Å². The third-order valence-corrected chi connectivity index (χ3v) is 3.80. The van der Waals surface area contributed by atoms with Crippen molar-refractivity contribution in [3.05, 3.63) is 64.2 Å². The van der Waals surface area contributed by atoms with Gasteiger partial charge in [0, 0.05) is 5.69 Å². The molecule has 0 aliphatic heterocycles. The number of anilines is 1. The molecular weight excluding hydrogens is 230 g/mol. The summed E-state index contributed by atoms with van der Waals surface area (Å²) in [6, 6.07) is 12.9. The molecular formula is C18H23N. The number of rotatable bonds is 3. The van der Waals surface area contributed by atoms with Crippen LogP contribution in [0.5, 0.6) is 0 Å². The smallest absolute Gasteiger partial charge is 0.0349 e. The summed E-state index contributed by atoms with van der Waals surface area (Å²) in [5.41, 5.74) is 13.7. The normalized spacial score (nSPS) is 11.0. The largest absolute Gasteiger partial charge is 0.398 e. The van der Waals surface area contributed by atoms with Crippen LogP contribution in [0.3, 0.4) is 0 Å². The first-order chi connectivity index (χ1) is 8.99. The van der Waals surface area contributed by atoms with E-state index in [4.69, 9.17) is 5.73 Å². The molecule has 1 heteroatoms. The van der Waals surface area contributed by atoms with Crippen molar-refractivity contribution in [1.82, 2.24) is 0 Å². The van der Waals surface area contributed by atoms with Crippen LogP contribution in [0, 0.1) is 13.8 Å². The fourth-order valence-corrected chi connectivity index (χ4v) is 2.57. The van der Waals surface area contributed by atoms with Gasteiger partial charge in [-0.25, -0.2) is 0 Å². The van der Waals surface area contributed by atoms with Crippen LogP contribution in [-0.4, -0.2) is 0 Å². The van der Waals surface area contributed by atoms with Crippen LogP contribution in [0.4, 0.5) is 5.69 Å². The minimum atomic E-state index is 0.470. The summed E-state index contributed by atoms with van der Waals surface area (Å²) < 4.78 is 0. The standard InChI is InChI=1S/C18H23N/c1-12(2)16-10-15(8-9-18(16)19)11-17-13(3)6-5-7-14(17)4/h5-10,12H,11,19H2,1-4H3. The predicted octanol–water partition coefficient (Wildman–Crippen LogP) is 4.60. The van der Waals surface area contributed by atoms with E-state index in [1.54, 1.807) is 0 Å². The quantitative estimate of drug-likeness (QED) is 0.795. The highest BCUT2D eigenvalue weighted by molar-refractivity contribution is 5.51. The van der Waals surface area contributed by atoms with Crippen LogP contribution < -0.4 is 5.73 Å². The van der Waals surface area contributed by atoms with Gasteiger partial charge in [-0.05, 0) is 60.1 Å². The molecule has 0 saturated heterocycles. The maximum absolute atomic E-state index is 6.04. The van der Waals surface area contributed by atoms with Crippen molar-refractivity contribution < 1.29 is 0 Å². The second kappa shape index (κ2) is 5.48. The summed E-state index contributed by atoms with van der Waals surface area (Å²) in [6.07, 6.45) is 0.985. The van der Waals surface area contributed by atoms with E-state index in [1.807, 2.05) is 6.07 Å². The molecule has 2 aromatic carbocycles. The third-order valence-electron chi connectivity index (χ3n) is 3.80. The van der Waals surface area contributed by atoms with Gasteiger partial charge in [0.1, 0.15) is 0 Å². The number of nitrogen functional groups attached to an aromatic ring is 1. The number of hydrogen-bond acceptors (Lipinski definition) is 1. The van der Waals surface area contributed by atoms with Gasteiger partial charge < -0.3 is 5.73 Å². The number of hydrogen-bond donors (Lipinski definition) is 1. The predicted molar refractivity (Wildman–Crippen MR) is 83.7 cm³/mol. The molecule has 0 bridgehead atoms. The molecule has 0 spiro atoms. The average Bonchev–Trinajstić information content (AvgIpc) is 2.35. The molecule has 0 saturated carbocycles. The molecule has 2 aromatic rings. The van der Waals surface area contributed by atoms with Crippen LogP contribution in [-0.2, 0) is 6.42 Å². The van der Waals surface area contributed by atoms with Crippen molar-refractivity contribution >= 4 is 5.69 Å². The highest BCUT2D eigenvalue weighted by Crippen LogP contribution is 2.25.